The Morgan fingerprint density at radius 3 is 2.24 bits per heavy atom. The predicted molar refractivity (Wildman–Crippen MR) is 57.0 cm³/mol. The molecule has 8 nitrogen and oxygen atoms in total. The van der Waals surface area contributed by atoms with Gasteiger partial charge < -0.3 is 20.1 Å². The van der Waals surface area contributed by atoms with Crippen LogP contribution in [-0.2, 0) is 16.1 Å². The van der Waals surface area contributed by atoms with Gasteiger partial charge in [-0.2, -0.15) is 4.80 Å². The van der Waals surface area contributed by atoms with Crippen molar-refractivity contribution in [3.05, 3.63) is 0 Å². The predicted octanol–water partition coefficient (Wildman–Crippen LogP) is -1.57. The molecule has 0 aromatic carbocycles. The van der Waals surface area contributed by atoms with Gasteiger partial charge in [-0.3, -0.25) is 4.79 Å². The van der Waals surface area contributed by atoms with Crippen molar-refractivity contribution in [2.45, 2.75) is 19.4 Å². The van der Waals surface area contributed by atoms with Crippen molar-refractivity contribution in [2.75, 3.05) is 26.4 Å². The smallest absolute Gasteiger partial charge is 0.307 e. The van der Waals surface area contributed by atoms with Crippen LogP contribution in [0.2, 0.25) is 0 Å². The van der Waals surface area contributed by atoms with E-state index >= 15 is 0 Å². The van der Waals surface area contributed by atoms with Crippen molar-refractivity contribution in [1.82, 2.24) is 15.2 Å². The number of aryl methyl sites for hydroxylation is 1. The third-order valence-electron chi connectivity index (χ3n) is 2.71. The molecular formula is C9H19N3O5. The molecule has 0 spiro atoms. The van der Waals surface area contributed by atoms with Crippen LogP contribution in [0, 0.1) is 5.41 Å². The summed E-state index contributed by atoms with van der Waals surface area (Å²) in [4.78, 5) is 12.9. The molecule has 0 aliphatic carbocycles. The number of esters is 1. The second-order valence-corrected chi connectivity index (χ2v) is 4.07. The quantitative estimate of drug-likeness (QED) is 0.338. The Morgan fingerprint density at radius 1 is 1.18 bits per heavy atom. The number of aliphatic hydroxyl groups excluding tert-OH is 3. The minimum Gasteiger partial charge on any atom is -0.466 e. The van der Waals surface area contributed by atoms with Crippen molar-refractivity contribution in [2.24, 2.45) is 5.41 Å². The highest BCUT2D eigenvalue weighted by atomic mass is 16.5. The molecule has 0 bridgehead atoms. The van der Waals surface area contributed by atoms with E-state index in [2.05, 4.69) is 10.4 Å². The minimum atomic E-state index is -0.983. The van der Waals surface area contributed by atoms with E-state index in [-0.39, 0.29) is 45.2 Å². The van der Waals surface area contributed by atoms with E-state index < -0.39 is 5.41 Å². The van der Waals surface area contributed by atoms with Crippen LogP contribution >= 0.6 is 0 Å². The van der Waals surface area contributed by atoms with Gasteiger partial charge in [-0.25, -0.2) is 10.4 Å². The Bertz CT molecular complexity index is 296. The molecule has 1 rings (SSSR count). The number of hydrogen-bond acceptors (Lipinski definition) is 5. The number of aromatic nitrogens is 3. The number of ether oxygens (including phenoxy) is 1. The first-order valence-electron chi connectivity index (χ1n) is 5.43. The van der Waals surface area contributed by atoms with Crippen LogP contribution in [0.4, 0.5) is 0 Å². The maximum absolute atomic E-state index is 11.2. The molecule has 1 aromatic heterocycles. The highest BCUT2D eigenvalue weighted by Crippen LogP contribution is 2.19. The minimum absolute atomic E-state index is 0.0708. The molecule has 1 aromatic rings. The molecule has 100 valence electrons. The number of aliphatic hydroxyl groups is 3. The number of aromatic amines is 2. The Balaban J connectivity index is 2.16. The van der Waals surface area contributed by atoms with Gasteiger partial charge in [0.25, 0.3) is 0 Å². The van der Waals surface area contributed by atoms with Gasteiger partial charge >= 0.3 is 5.97 Å². The van der Waals surface area contributed by atoms with Crippen molar-refractivity contribution in [3.8, 4) is 0 Å². The zero-order valence-corrected chi connectivity index (χ0v) is 9.56. The van der Waals surface area contributed by atoms with E-state index in [9.17, 15) is 4.79 Å². The number of rotatable bonds is 9. The summed E-state index contributed by atoms with van der Waals surface area (Å²) in [6, 6.07) is 0. The molecule has 0 aliphatic heterocycles. The molecule has 0 atom stereocenters. The van der Waals surface area contributed by atoms with Crippen LogP contribution in [0.5, 0.6) is 0 Å². The second kappa shape index (κ2) is 6.48. The molecule has 0 unspecified atom stereocenters. The fourth-order valence-corrected chi connectivity index (χ4v) is 1.19. The first kappa shape index (κ1) is 13.8. The molecule has 5 N–H and O–H groups in total. The molecule has 0 saturated heterocycles. The highest BCUT2D eigenvalue weighted by molar-refractivity contribution is 5.69. The molecule has 0 fully saturated rings. The number of carbonyl (C=O) groups excluding carboxylic acids is 1. The number of H-pyrrole nitrogens is 2. The van der Waals surface area contributed by atoms with Crippen LogP contribution < -0.4 is 0 Å². The lowest BCUT2D eigenvalue weighted by atomic mass is 9.88. The molecule has 0 aliphatic rings. The Labute approximate surface area is 98.1 Å². The average Bonchev–Trinajstić information content (AvgIpc) is 3.17. The van der Waals surface area contributed by atoms with E-state index in [1.54, 1.807) is 4.80 Å². The molecular weight excluding hydrogens is 230 g/mol. The summed E-state index contributed by atoms with van der Waals surface area (Å²) >= 11 is 0. The summed E-state index contributed by atoms with van der Waals surface area (Å²) < 4.78 is 4.93. The number of carbonyl (C=O) groups is 1. The summed E-state index contributed by atoms with van der Waals surface area (Å²) in [5, 5.41) is 32.5. The van der Waals surface area contributed by atoms with Gasteiger partial charge in [0, 0.05) is 5.41 Å². The van der Waals surface area contributed by atoms with Crippen molar-refractivity contribution >= 4 is 5.97 Å². The second-order valence-electron chi connectivity index (χ2n) is 4.07. The maximum Gasteiger partial charge on any atom is 0.307 e. The molecule has 17 heavy (non-hydrogen) atoms. The lowest BCUT2D eigenvalue weighted by molar-refractivity contribution is -0.145. The third kappa shape index (κ3) is 4.63. The van der Waals surface area contributed by atoms with Crippen molar-refractivity contribution in [1.29, 1.82) is 0 Å². The van der Waals surface area contributed by atoms with Gasteiger partial charge in [-0.05, 0) is 6.42 Å². The maximum atomic E-state index is 11.2. The average molecular weight is 249 g/mol. The summed E-state index contributed by atoms with van der Waals surface area (Å²) in [7, 11) is 0. The van der Waals surface area contributed by atoms with Gasteiger partial charge in [0.1, 0.15) is 0 Å². The molecule has 8 heteroatoms. The largest absolute Gasteiger partial charge is 0.466 e. The zero-order valence-electron chi connectivity index (χ0n) is 9.56. The highest BCUT2D eigenvalue weighted by Gasteiger charge is 2.28. The van der Waals surface area contributed by atoms with E-state index in [4.69, 9.17) is 20.1 Å². The van der Waals surface area contributed by atoms with Gasteiger partial charge in [0.2, 0.25) is 0 Å². The SMILES string of the molecule is O=C(CCn1[nH][nH]1)OCCC(CO)(CO)CO. The van der Waals surface area contributed by atoms with E-state index in [0.29, 0.717) is 6.54 Å². The zero-order chi connectivity index (χ0) is 12.7. The summed E-state index contributed by atoms with van der Waals surface area (Å²) in [6.07, 6.45) is 0.465. The van der Waals surface area contributed by atoms with Crippen LogP contribution in [-0.4, -0.2) is 62.9 Å². The summed E-state index contributed by atoms with van der Waals surface area (Å²) in [6.45, 7) is -0.469. The number of nitrogens with zero attached hydrogens (tertiary/aromatic N) is 1. The normalized spacial score (nSPS) is 11.9. The third-order valence-corrected chi connectivity index (χ3v) is 2.71. The lowest BCUT2D eigenvalue weighted by Crippen LogP contribution is -2.35. The van der Waals surface area contributed by atoms with Gasteiger partial charge in [-0.15, -0.1) is 0 Å². The fourth-order valence-electron chi connectivity index (χ4n) is 1.19. The van der Waals surface area contributed by atoms with E-state index in [0.717, 1.165) is 0 Å². The monoisotopic (exact) mass is 249 g/mol. The topological polar surface area (TPSA) is 124 Å². The Hall–Kier alpha value is -1.25. The summed E-state index contributed by atoms with van der Waals surface area (Å²) in [5.74, 6) is -0.358. The van der Waals surface area contributed by atoms with Gasteiger partial charge in [0.15, 0.2) is 0 Å². The number of nitrogens with one attached hydrogen (secondary N) is 2. The van der Waals surface area contributed by atoms with Crippen molar-refractivity contribution in [3.63, 3.8) is 0 Å². The van der Waals surface area contributed by atoms with Crippen molar-refractivity contribution < 1.29 is 24.9 Å². The Kier molecular flexibility index (Phi) is 5.26. The van der Waals surface area contributed by atoms with Gasteiger partial charge in [0.05, 0.1) is 39.4 Å². The van der Waals surface area contributed by atoms with Crippen LogP contribution in [0.15, 0.2) is 0 Å². The first-order valence-corrected chi connectivity index (χ1v) is 5.43. The molecule has 0 radical (unpaired) electrons. The summed E-state index contributed by atoms with van der Waals surface area (Å²) in [5.41, 5.74) is -0.983. The standard InChI is InChI=1S/C9H19N3O5/c13-5-9(6-14,7-15)2-4-17-8(16)1-3-12-10-11-12/h10-11,13-15H,1-7H2. The molecule has 0 amide bonds. The van der Waals surface area contributed by atoms with Crippen LogP contribution in [0.1, 0.15) is 12.8 Å². The molecule has 0 saturated carbocycles. The van der Waals surface area contributed by atoms with Crippen LogP contribution in [0.25, 0.3) is 0 Å². The first-order chi connectivity index (χ1) is 8.15. The van der Waals surface area contributed by atoms with E-state index in [1.165, 1.54) is 0 Å². The van der Waals surface area contributed by atoms with Gasteiger partial charge in [-0.1, -0.05) is 0 Å². The molecule has 1 heterocycles. The Morgan fingerprint density at radius 2 is 1.76 bits per heavy atom. The van der Waals surface area contributed by atoms with Crippen LogP contribution in [0.3, 0.4) is 0 Å². The fraction of sp³-hybridized carbons (Fsp3) is 0.889. The van der Waals surface area contributed by atoms with E-state index in [1.807, 2.05) is 0 Å². The number of hydrogen-bond donors (Lipinski definition) is 5. The lowest BCUT2D eigenvalue weighted by Gasteiger charge is -2.26.